The third-order valence-corrected chi connectivity index (χ3v) is 17.9. The maximum Gasteiger partial charge on any atom is 0.180 e. The lowest BCUT2D eigenvalue weighted by Gasteiger charge is -2.38. The molecule has 0 atom stereocenters. The first-order chi connectivity index (χ1) is 32.7. The summed E-state index contributed by atoms with van der Waals surface area (Å²) in [6.07, 6.45) is 5.90. The third kappa shape index (κ3) is 7.91. The van der Waals surface area contributed by atoms with Gasteiger partial charge in [-0.2, -0.15) is 0 Å². The summed E-state index contributed by atoms with van der Waals surface area (Å²) < 4.78 is 0. The maximum atomic E-state index is 2.57. The standard InChI is InChI=1S/C65H48Si/c1-8-23-48(24-9-1)55-39-56(49-25-10-2-11-26-49)43-61(42-55)66(65-38-22-37-64(65)54-35-20-7-21-36-54,62-44-57(50-27-12-3-13-28-50)40-58(45-62)51-29-14-4-15-30-51)63-46-59(52-31-16-5-17-32-52)41-60(47-63)53-33-18-6-19-34-53/h1-21,23-47H,22H2. The molecule has 0 aliphatic heterocycles. The largest absolute Gasteiger partial charge is 0.180 e. The van der Waals surface area contributed by atoms with Crippen LogP contribution in [-0.4, -0.2) is 8.07 Å². The first kappa shape index (κ1) is 40.7. The summed E-state index contributed by atoms with van der Waals surface area (Å²) >= 11 is 0. The molecule has 11 rings (SSSR count). The van der Waals surface area contributed by atoms with Crippen LogP contribution in [-0.2, 0) is 0 Å². The second-order valence-electron chi connectivity index (χ2n) is 17.2. The molecule has 0 saturated heterocycles. The molecule has 0 amide bonds. The van der Waals surface area contributed by atoms with Gasteiger partial charge in [-0.1, -0.05) is 261 Å². The summed E-state index contributed by atoms with van der Waals surface area (Å²) in [6.45, 7) is 0. The Labute approximate surface area is 390 Å². The van der Waals surface area contributed by atoms with Gasteiger partial charge in [0, 0.05) is 0 Å². The molecule has 0 nitrogen and oxygen atoms in total. The predicted molar refractivity (Wildman–Crippen MR) is 284 cm³/mol. The normalized spacial score (nSPS) is 12.4. The van der Waals surface area contributed by atoms with Crippen LogP contribution in [0.3, 0.4) is 0 Å². The number of hydrogen-bond donors (Lipinski definition) is 0. The van der Waals surface area contributed by atoms with Crippen LogP contribution in [0.5, 0.6) is 0 Å². The van der Waals surface area contributed by atoms with Crippen molar-refractivity contribution in [1.29, 1.82) is 0 Å². The summed E-state index contributed by atoms with van der Waals surface area (Å²) in [6, 6.07) is 99.3. The Morgan fingerprint density at radius 3 is 0.682 bits per heavy atom. The van der Waals surface area contributed by atoms with Gasteiger partial charge in [-0.3, -0.25) is 0 Å². The monoisotopic (exact) mass is 856 g/mol. The Bertz CT molecular complexity index is 2840. The molecule has 0 heterocycles. The Kier molecular flexibility index (Phi) is 11.2. The molecule has 66 heavy (non-hydrogen) atoms. The first-order valence-corrected chi connectivity index (χ1v) is 25.0. The maximum absolute atomic E-state index is 3.43. The van der Waals surface area contributed by atoms with Crippen molar-refractivity contribution in [3.05, 3.63) is 290 Å². The van der Waals surface area contributed by atoms with E-state index in [1.54, 1.807) is 0 Å². The Hall–Kier alpha value is -8.10. The third-order valence-electron chi connectivity index (χ3n) is 13.2. The lowest BCUT2D eigenvalue weighted by Crippen LogP contribution is -2.69. The van der Waals surface area contributed by atoms with Crippen LogP contribution in [0.4, 0.5) is 0 Å². The van der Waals surface area contributed by atoms with Crippen LogP contribution in [0.2, 0.25) is 0 Å². The molecule has 0 radical (unpaired) electrons. The van der Waals surface area contributed by atoms with Gasteiger partial charge in [-0.05, 0) is 123 Å². The van der Waals surface area contributed by atoms with Crippen molar-refractivity contribution in [1.82, 2.24) is 0 Å². The van der Waals surface area contributed by atoms with E-state index in [0.29, 0.717) is 0 Å². The van der Waals surface area contributed by atoms with Crippen molar-refractivity contribution >= 4 is 29.2 Å². The molecule has 0 fully saturated rings. The average molecular weight is 857 g/mol. The van der Waals surface area contributed by atoms with Crippen LogP contribution in [0.15, 0.2) is 284 Å². The van der Waals surface area contributed by atoms with E-state index in [1.165, 1.54) is 98.7 Å². The van der Waals surface area contributed by atoms with E-state index in [9.17, 15) is 0 Å². The number of rotatable bonds is 11. The zero-order valence-corrected chi connectivity index (χ0v) is 37.8. The molecule has 0 saturated carbocycles. The van der Waals surface area contributed by atoms with Crippen LogP contribution in [0.25, 0.3) is 72.3 Å². The highest BCUT2D eigenvalue weighted by Crippen LogP contribution is 2.40. The number of benzene rings is 10. The van der Waals surface area contributed by atoms with E-state index in [1.807, 2.05) is 0 Å². The fraction of sp³-hybridized carbons (Fsp3) is 0.0154. The molecule has 0 bridgehead atoms. The second kappa shape index (κ2) is 18.2. The summed E-state index contributed by atoms with van der Waals surface area (Å²) in [7, 11) is -3.43. The zero-order chi connectivity index (χ0) is 44.1. The Balaban J connectivity index is 1.35. The van der Waals surface area contributed by atoms with Crippen molar-refractivity contribution in [2.45, 2.75) is 6.42 Å². The SMILES string of the molecule is C1=C(c2ccccc2)C([Si](c2cc(-c3ccccc3)cc(-c3ccccc3)c2)(c2cc(-c3ccccc3)cc(-c3ccccc3)c2)c2cc(-c3ccccc3)cc(-c3ccccc3)c2)=CC1. The molecule has 0 spiro atoms. The highest BCUT2D eigenvalue weighted by molar-refractivity contribution is 7.17. The van der Waals surface area contributed by atoms with E-state index in [-0.39, 0.29) is 0 Å². The molecule has 0 N–H and O–H groups in total. The molecular formula is C65H48Si. The minimum atomic E-state index is -3.43. The van der Waals surface area contributed by atoms with E-state index in [0.717, 1.165) is 6.42 Å². The number of allylic oxidation sites excluding steroid dienone is 4. The van der Waals surface area contributed by atoms with Crippen LogP contribution in [0, 0.1) is 0 Å². The topological polar surface area (TPSA) is 0 Å². The van der Waals surface area contributed by atoms with Gasteiger partial charge in [-0.25, -0.2) is 0 Å². The highest BCUT2D eigenvalue weighted by atomic mass is 28.3. The van der Waals surface area contributed by atoms with E-state index in [4.69, 9.17) is 0 Å². The summed E-state index contributed by atoms with van der Waals surface area (Å²) in [5, 5.41) is 5.43. The molecule has 1 aliphatic carbocycles. The van der Waals surface area contributed by atoms with E-state index >= 15 is 0 Å². The van der Waals surface area contributed by atoms with Crippen LogP contribution in [0.1, 0.15) is 12.0 Å². The van der Waals surface area contributed by atoms with Crippen molar-refractivity contribution < 1.29 is 0 Å². The average Bonchev–Trinajstić information content (AvgIpc) is 3.91. The molecular weight excluding hydrogens is 809 g/mol. The van der Waals surface area contributed by atoms with Gasteiger partial charge < -0.3 is 0 Å². The Morgan fingerprint density at radius 2 is 0.439 bits per heavy atom. The fourth-order valence-corrected chi connectivity index (χ4v) is 15.3. The minimum Gasteiger partial charge on any atom is -0.0798 e. The predicted octanol–water partition coefficient (Wildman–Crippen LogP) is 15.1. The van der Waals surface area contributed by atoms with Gasteiger partial charge in [-0.15, -0.1) is 0 Å². The molecule has 1 aliphatic rings. The molecule has 0 aromatic heterocycles. The van der Waals surface area contributed by atoms with Crippen molar-refractivity contribution in [2.75, 3.05) is 0 Å². The van der Waals surface area contributed by atoms with E-state index < -0.39 is 8.07 Å². The summed E-state index contributed by atoms with van der Waals surface area (Å²) in [5.74, 6) is 0. The minimum absolute atomic E-state index is 0.853. The summed E-state index contributed by atoms with van der Waals surface area (Å²) in [4.78, 5) is 0. The number of hydrogen-bond acceptors (Lipinski definition) is 0. The fourth-order valence-electron chi connectivity index (χ4n) is 10.0. The quantitative estimate of drug-likeness (QED) is 0.0898. The van der Waals surface area contributed by atoms with Crippen molar-refractivity contribution in [2.24, 2.45) is 0 Å². The van der Waals surface area contributed by atoms with Crippen molar-refractivity contribution in [3.8, 4) is 66.8 Å². The van der Waals surface area contributed by atoms with Crippen molar-refractivity contribution in [3.63, 3.8) is 0 Å². The van der Waals surface area contributed by atoms with Gasteiger partial charge in [0.2, 0.25) is 0 Å². The van der Waals surface area contributed by atoms with E-state index in [2.05, 4.69) is 279 Å². The van der Waals surface area contributed by atoms with Gasteiger partial charge >= 0.3 is 0 Å². The first-order valence-electron chi connectivity index (χ1n) is 23.0. The van der Waals surface area contributed by atoms with Gasteiger partial charge in [0.15, 0.2) is 8.07 Å². The van der Waals surface area contributed by atoms with Gasteiger partial charge in [0.25, 0.3) is 0 Å². The highest BCUT2D eigenvalue weighted by Gasteiger charge is 2.47. The van der Waals surface area contributed by atoms with Gasteiger partial charge in [0.1, 0.15) is 0 Å². The molecule has 1 heteroatoms. The molecule has 10 aromatic carbocycles. The second-order valence-corrected chi connectivity index (χ2v) is 21.0. The molecule has 312 valence electrons. The Morgan fingerprint density at radius 1 is 0.212 bits per heavy atom. The lowest BCUT2D eigenvalue weighted by atomic mass is 9.98. The van der Waals surface area contributed by atoms with Crippen LogP contribution < -0.4 is 15.6 Å². The molecule has 10 aromatic rings. The lowest BCUT2D eigenvalue weighted by molar-refractivity contribution is 1.44. The smallest absolute Gasteiger partial charge is 0.0798 e. The molecule has 0 unspecified atom stereocenters. The van der Waals surface area contributed by atoms with Gasteiger partial charge in [0.05, 0.1) is 0 Å². The summed E-state index contributed by atoms with van der Waals surface area (Å²) in [5.41, 5.74) is 17.0. The van der Waals surface area contributed by atoms with Crippen LogP contribution >= 0.6 is 0 Å². The zero-order valence-electron chi connectivity index (χ0n) is 36.8.